The van der Waals surface area contributed by atoms with E-state index in [2.05, 4.69) is 10.3 Å². The molecule has 0 saturated carbocycles. The van der Waals surface area contributed by atoms with Gasteiger partial charge >= 0.3 is 11.8 Å². The molecule has 0 bridgehead atoms. The van der Waals surface area contributed by atoms with Crippen LogP contribution >= 0.6 is 11.6 Å². The van der Waals surface area contributed by atoms with E-state index in [4.69, 9.17) is 16.3 Å². The fraction of sp³-hybridized carbons (Fsp3) is 0.467. The molecule has 1 heterocycles. The molecule has 7 nitrogen and oxygen atoms in total. The smallest absolute Gasteiger partial charge is 0.407 e. The molecule has 0 saturated heterocycles. The summed E-state index contributed by atoms with van der Waals surface area (Å²) in [5.41, 5.74) is 0.329. The first kappa shape index (κ1) is 18.9. The SMILES string of the molecule is Cc1c(C=CCCNC(=O)OC(C)(C)C)cnc(Cl)c1[N+](=O)[O-]. The van der Waals surface area contributed by atoms with Crippen molar-refractivity contribution in [3.8, 4) is 0 Å². The van der Waals surface area contributed by atoms with Gasteiger partial charge in [-0.3, -0.25) is 10.1 Å². The van der Waals surface area contributed by atoms with E-state index < -0.39 is 16.6 Å². The summed E-state index contributed by atoms with van der Waals surface area (Å²) in [7, 11) is 0. The molecule has 0 fully saturated rings. The van der Waals surface area contributed by atoms with E-state index in [0.29, 0.717) is 24.1 Å². The average molecular weight is 342 g/mol. The number of halogens is 1. The number of rotatable bonds is 5. The molecule has 0 aliphatic rings. The Labute approximate surface area is 139 Å². The first-order valence-electron chi connectivity index (χ1n) is 7.04. The molecule has 0 aliphatic carbocycles. The maximum absolute atomic E-state index is 11.4. The van der Waals surface area contributed by atoms with Gasteiger partial charge in [-0.2, -0.15) is 0 Å². The summed E-state index contributed by atoms with van der Waals surface area (Å²) in [5.74, 6) is 0. The van der Waals surface area contributed by atoms with Gasteiger partial charge in [-0.1, -0.05) is 23.8 Å². The third kappa shape index (κ3) is 6.23. The van der Waals surface area contributed by atoms with Gasteiger partial charge in [0.15, 0.2) is 0 Å². The minimum atomic E-state index is -0.550. The predicted molar refractivity (Wildman–Crippen MR) is 88.5 cm³/mol. The van der Waals surface area contributed by atoms with Gasteiger partial charge in [0.1, 0.15) is 5.60 Å². The highest BCUT2D eigenvalue weighted by Gasteiger charge is 2.19. The van der Waals surface area contributed by atoms with E-state index in [-0.39, 0.29) is 10.8 Å². The number of pyridine rings is 1. The fourth-order valence-electron chi connectivity index (χ4n) is 1.74. The lowest BCUT2D eigenvalue weighted by Gasteiger charge is -2.19. The Balaban J connectivity index is 2.58. The Morgan fingerprint density at radius 1 is 1.52 bits per heavy atom. The Morgan fingerprint density at radius 3 is 2.74 bits per heavy atom. The molecular weight excluding hydrogens is 322 g/mol. The van der Waals surface area contributed by atoms with E-state index in [1.807, 2.05) is 0 Å². The average Bonchev–Trinajstić information content (AvgIpc) is 2.38. The zero-order chi connectivity index (χ0) is 17.6. The minimum absolute atomic E-state index is 0.128. The van der Waals surface area contributed by atoms with E-state index >= 15 is 0 Å². The van der Waals surface area contributed by atoms with E-state index in [0.717, 1.165) is 0 Å². The van der Waals surface area contributed by atoms with Gasteiger partial charge in [0.05, 0.1) is 4.92 Å². The molecule has 1 aromatic heterocycles. The minimum Gasteiger partial charge on any atom is -0.444 e. The Morgan fingerprint density at radius 2 is 2.17 bits per heavy atom. The van der Waals surface area contributed by atoms with Gasteiger partial charge in [0, 0.05) is 23.9 Å². The molecule has 0 unspecified atom stereocenters. The Hall–Kier alpha value is -2.15. The van der Waals surface area contributed by atoms with Crippen molar-refractivity contribution < 1.29 is 14.5 Å². The summed E-state index contributed by atoms with van der Waals surface area (Å²) in [6, 6.07) is 0. The van der Waals surface area contributed by atoms with Crippen LogP contribution in [0, 0.1) is 17.0 Å². The van der Waals surface area contributed by atoms with Crippen LogP contribution in [-0.4, -0.2) is 28.1 Å². The topological polar surface area (TPSA) is 94.4 Å². The number of hydrogen-bond donors (Lipinski definition) is 1. The van der Waals surface area contributed by atoms with Crippen molar-refractivity contribution in [1.29, 1.82) is 0 Å². The van der Waals surface area contributed by atoms with Crippen molar-refractivity contribution in [2.45, 2.75) is 39.7 Å². The maximum atomic E-state index is 11.4. The lowest BCUT2D eigenvalue weighted by molar-refractivity contribution is -0.385. The summed E-state index contributed by atoms with van der Waals surface area (Å²) in [6.07, 6.45) is 5.05. The van der Waals surface area contributed by atoms with Crippen LogP contribution in [0.15, 0.2) is 12.3 Å². The molecule has 23 heavy (non-hydrogen) atoms. The molecular formula is C15H20ClN3O4. The normalized spacial score (nSPS) is 11.5. The fourth-order valence-corrected chi connectivity index (χ4v) is 2.00. The first-order chi connectivity index (χ1) is 10.6. The Kier molecular flexibility index (Phi) is 6.50. The van der Waals surface area contributed by atoms with Crippen LogP contribution in [0.4, 0.5) is 10.5 Å². The molecule has 0 aliphatic heterocycles. The molecule has 8 heteroatoms. The predicted octanol–water partition coefficient (Wildman–Crippen LogP) is 3.88. The molecule has 0 radical (unpaired) electrons. The molecule has 0 spiro atoms. The second-order valence-corrected chi connectivity index (χ2v) is 6.21. The number of nitrogens with zero attached hydrogens (tertiary/aromatic N) is 2. The van der Waals surface area contributed by atoms with Crippen molar-refractivity contribution >= 4 is 29.5 Å². The van der Waals surface area contributed by atoms with E-state index in [1.54, 1.807) is 39.8 Å². The van der Waals surface area contributed by atoms with Gasteiger partial charge in [-0.15, -0.1) is 0 Å². The van der Waals surface area contributed by atoms with Crippen LogP contribution in [0.3, 0.4) is 0 Å². The summed E-state index contributed by atoms with van der Waals surface area (Å²) in [4.78, 5) is 25.7. The van der Waals surface area contributed by atoms with Crippen molar-refractivity contribution in [2.75, 3.05) is 6.54 Å². The van der Waals surface area contributed by atoms with Gasteiger partial charge < -0.3 is 10.1 Å². The molecule has 1 N–H and O–H groups in total. The zero-order valence-corrected chi connectivity index (χ0v) is 14.3. The summed E-state index contributed by atoms with van der Waals surface area (Å²) >= 11 is 5.73. The van der Waals surface area contributed by atoms with Crippen LogP contribution in [0.1, 0.15) is 38.3 Å². The second-order valence-electron chi connectivity index (χ2n) is 5.85. The van der Waals surface area contributed by atoms with Crippen molar-refractivity contribution in [2.24, 2.45) is 0 Å². The third-order valence-electron chi connectivity index (χ3n) is 2.76. The second kappa shape index (κ2) is 7.92. The van der Waals surface area contributed by atoms with E-state index in [1.165, 1.54) is 6.20 Å². The maximum Gasteiger partial charge on any atom is 0.407 e. The number of carbonyl (C=O) groups is 1. The van der Waals surface area contributed by atoms with Gasteiger partial charge in [-0.25, -0.2) is 9.78 Å². The lowest BCUT2D eigenvalue weighted by Crippen LogP contribution is -2.32. The van der Waals surface area contributed by atoms with Crippen molar-refractivity contribution in [3.05, 3.63) is 38.7 Å². The summed E-state index contributed by atoms with van der Waals surface area (Å²) in [5, 5.41) is 13.4. The number of aromatic nitrogens is 1. The number of nitro groups is 1. The van der Waals surface area contributed by atoms with Crippen LogP contribution in [-0.2, 0) is 4.74 Å². The van der Waals surface area contributed by atoms with Crippen molar-refractivity contribution in [1.82, 2.24) is 10.3 Å². The monoisotopic (exact) mass is 341 g/mol. The molecule has 0 atom stereocenters. The number of hydrogen-bond acceptors (Lipinski definition) is 5. The van der Waals surface area contributed by atoms with Crippen LogP contribution in [0.25, 0.3) is 6.08 Å². The lowest BCUT2D eigenvalue weighted by atomic mass is 10.1. The van der Waals surface area contributed by atoms with Crippen LogP contribution < -0.4 is 5.32 Å². The van der Waals surface area contributed by atoms with Gasteiger partial charge in [0.2, 0.25) is 5.15 Å². The largest absolute Gasteiger partial charge is 0.444 e. The summed E-state index contributed by atoms with van der Waals surface area (Å²) < 4.78 is 5.10. The van der Waals surface area contributed by atoms with Gasteiger partial charge in [0.25, 0.3) is 0 Å². The number of alkyl carbamates (subject to hydrolysis) is 1. The number of carbonyl (C=O) groups excluding carboxylic acids is 1. The van der Waals surface area contributed by atoms with E-state index in [9.17, 15) is 14.9 Å². The third-order valence-corrected chi connectivity index (χ3v) is 3.04. The number of nitrogens with one attached hydrogen (secondary N) is 1. The first-order valence-corrected chi connectivity index (χ1v) is 7.42. The standard InChI is InChI=1S/C15H20ClN3O4/c1-10-11(9-18-13(16)12(10)19(21)22)7-5-6-8-17-14(20)23-15(2,3)4/h5,7,9H,6,8H2,1-4H3,(H,17,20). The molecule has 1 amide bonds. The highest BCUT2D eigenvalue weighted by molar-refractivity contribution is 6.31. The molecule has 0 aromatic carbocycles. The zero-order valence-electron chi connectivity index (χ0n) is 13.6. The molecule has 1 rings (SSSR count). The van der Waals surface area contributed by atoms with Crippen molar-refractivity contribution in [3.63, 3.8) is 0 Å². The number of amides is 1. The highest BCUT2D eigenvalue weighted by atomic mass is 35.5. The molecule has 1 aromatic rings. The van der Waals surface area contributed by atoms with Crippen LogP contribution in [0.5, 0.6) is 0 Å². The summed E-state index contributed by atoms with van der Waals surface area (Å²) in [6.45, 7) is 7.37. The van der Waals surface area contributed by atoms with Gasteiger partial charge in [-0.05, 0) is 34.1 Å². The quantitative estimate of drug-likeness (QED) is 0.379. The Bertz CT molecular complexity index is 624. The van der Waals surface area contributed by atoms with Crippen LogP contribution in [0.2, 0.25) is 5.15 Å². The number of ether oxygens (including phenoxy) is 1. The molecule has 126 valence electrons. The highest BCUT2D eigenvalue weighted by Crippen LogP contribution is 2.28.